The summed E-state index contributed by atoms with van der Waals surface area (Å²) in [4.78, 5) is 23.0. The van der Waals surface area contributed by atoms with Gasteiger partial charge in [0.15, 0.2) is 0 Å². The predicted molar refractivity (Wildman–Crippen MR) is 111 cm³/mol. The molecule has 1 aromatic rings. The summed E-state index contributed by atoms with van der Waals surface area (Å²) in [6, 6.07) is 6.00. The van der Waals surface area contributed by atoms with Crippen LogP contribution in [0, 0.1) is 0 Å². The van der Waals surface area contributed by atoms with Crippen LogP contribution in [0.4, 0.5) is 0 Å². The van der Waals surface area contributed by atoms with Crippen molar-refractivity contribution in [2.45, 2.75) is 96.8 Å². The number of benzene rings is 1. The molecule has 0 aliphatic heterocycles. The van der Waals surface area contributed by atoms with Gasteiger partial charge in [0, 0.05) is 5.56 Å². The van der Waals surface area contributed by atoms with Gasteiger partial charge in [-0.3, -0.25) is 0 Å². The molecule has 1 aromatic carbocycles. The maximum Gasteiger partial charge on any atom is 1.00 e. The molecule has 0 unspecified atom stereocenters. The van der Waals surface area contributed by atoms with Crippen LogP contribution in [0.3, 0.4) is 0 Å². The Bertz CT molecular complexity index is 560. The van der Waals surface area contributed by atoms with Crippen molar-refractivity contribution in [1.29, 1.82) is 0 Å². The summed E-state index contributed by atoms with van der Waals surface area (Å²) < 4.78 is 5.20. The zero-order valence-corrected chi connectivity index (χ0v) is 20.5. The average Bonchev–Trinajstić information content (AvgIpc) is 2.70. The van der Waals surface area contributed by atoms with Crippen LogP contribution in [0.1, 0.15) is 118 Å². The summed E-state index contributed by atoms with van der Waals surface area (Å²) in [5.74, 6) is -1.95. The van der Waals surface area contributed by atoms with Gasteiger partial charge in [-0.05, 0) is 12.5 Å². The Hall–Kier alpha value is -0.840. The van der Waals surface area contributed by atoms with Gasteiger partial charge in [0.05, 0.1) is 18.1 Å². The number of rotatable bonds is 17. The van der Waals surface area contributed by atoms with Gasteiger partial charge < -0.3 is 14.6 Å². The van der Waals surface area contributed by atoms with E-state index in [9.17, 15) is 14.7 Å². The third-order valence-corrected chi connectivity index (χ3v) is 5.10. The van der Waals surface area contributed by atoms with Crippen molar-refractivity contribution in [3.8, 4) is 0 Å². The van der Waals surface area contributed by atoms with E-state index in [1.807, 2.05) is 0 Å². The molecule has 158 valence electrons. The Morgan fingerprint density at radius 2 is 1.14 bits per heavy atom. The monoisotopic (exact) mass is 412 g/mol. The molecule has 0 N–H and O–H groups in total. The second-order valence-corrected chi connectivity index (χ2v) is 7.57. The first kappa shape index (κ1) is 28.2. The molecule has 0 aliphatic rings. The topological polar surface area (TPSA) is 66.4 Å². The predicted octanol–water partition coefficient (Wildman–Crippen LogP) is 2.69. The molecule has 0 radical (unpaired) electrons. The third-order valence-electron chi connectivity index (χ3n) is 5.10. The van der Waals surface area contributed by atoms with E-state index in [-0.39, 0.29) is 40.7 Å². The number of carbonyl (C=O) groups excluding carboxylic acids is 2. The van der Waals surface area contributed by atoms with Crippen LogP contribution < -0.4 is 34.7 Å². The molecule has 0 saturated carbocycles. The Morgan fingerprint density at radius 1 is 0.724 bits per heavy atom. The zero-order chi connectivity index (χ0) is 20.5. The molecule has 0 fully saturated rings. The van der Waals surface area contributed by atoms with Gasteiger partial charge in [-0.25, -0.2) is 4.79 Å². The summed E-state index contributed by atoms with van der Waals surface area (Å²) >= 11 is 0. The van der Waals surface area contributed by atoms with E-state index in [0.29, 0.717) is 6.61 Å². The van der Waals surface area contributed by atoms with Crippen LogP contribution in [0.15, 0.2) is 24.3 Å². The van der Waals surface area contributed by atoms with Crippen molar-refractivity contribution in [1.82, 2.24) is 0 Å². The number of carboxylic acids is 1. The van der Waals surface area contributed by atoms with E-state index in [2.05, 4.69) is 6.92 Å². The molecule has 4 nitrogen and oxygen atoms in total. The molecule has 0 amide bonds. The Morgan fingerprint density at radius 3 is 1.59 bits per heavy atom. The molecular formula is C24H37NaO4. The number of esters is 1. The average molecular weight is 413 g/mol. The number of hydrogen-bond donors (Lipinski definition) is 0. The molecule has 0 spiro atoms. The Balaban J connectivity index is 0.00000784. The van der Waals surface area contributed by atoms with Crippen LogP contribution in [-0.4, -0.2) is 18.5 Å². The molecule has 0 aromatic heterocycles. The van der Waals surface area contributed by atoms with E-state index >= 15 is 0 Å². The smallest absolute Gasteiger partial charge is 0.545 e. The van der Waals surface area contributed by atoms with Gasteiger partial charge in [-0.2, -0.15) is 0 Å². The van der Waals surface area contributed by atoms with Crippen LogP contribution in [0.5, 0.6) is 0 Å². The molecule has 0 atom stereocenters. The summed E-state index contributed by atoms with van der Waals surface area (Å²) in [6.45, 7) is 2.59. The van der Waals surface area contributed by atoms with Crippen molar-refractivity contribution in [3.63, 3.8) is 0 Å². The van der Waals surface area contributed by atoms with Crippen molar-refractivity contribution in [2.75, 3.05) is 6.61 Å². The van der Waals surface area contributed by atoms with E-state index in [0.717, 1.165) is 19.3 Å². The van der Waals surface area contributed by atoms with Crippen molar-refractivity contribution >= 4 is 11.9 Å². The summed E-state index contributed by atoms with van der Waals surface area (Å²) in [7, 11) is 0. The quantitative estimate of drug-likeness (QED) is 0.224. The minimum absolute atomic E-state index is 0. The minimum atomic E-state index is -1.36. The summed E-state index contributed by atoms with van der Waals surface area (Å²) in [6.07, 6.45) is 17.9. The fraction of sp³-hybridized carbons (Fsp3) is 0.667. The second-order valence-electron chi connectivity index (χ2n) is 7.57. The third kappa shape index (κ3) is 13.9. The molecule has 5 heteroatoms. The molecule has 1 rings (SSSR count). The maximum absolute atomic E-state index is 12.0. The first-order valence-electron chi connectivity index (χ1n) is 11.1. The van der Waals surface area contributed by atoms with Crippen molar-refractivity contribution < 1.29 is 49.0 Å². The number of unbranched alkanes of at least 4 members (excludes halogenated alkanes) is 13. The Labute approximate surface area is 199 Å². The van der Waals surface area contributed by atoms with E-state index in [1.165, 1.54) is 82.8 Å². The van der Waals surface area contributed by atoms with Crippen LogP contribution in [-0.2, 0) is 4.74 Å². The minimum Gasteiger partial charge on any atom is -0.545 e. The Kier molecular flexibility index (Phi) is 18.6. The molecule has 0 bridgehead atoms. The number of carbonyl (C=O) groups is 2. The fourth-order valence-electron chi connectivity index (χ4n) is 3.38. The fourth-order valence-corrected chi connectivity index (χ4v) is 3.38. The number of ether oxygens (including phenoxy) is 1. The SMILES string of the molecule is CCCCCCCCCCCCCCCCOC(=O)c1ccccc1C(=O)[O-].[Na+]. The molecule has 0 saturated heterocycles. The normalized spacial score (nSPS) is 10.4. The van der Waals surface area contributed by atoms with Gasteiger partial charge in [0.2, 0.25) is 0 Å². The van der Waals surface area contributed by atoms with Gasteiger partial charge in [-0.15, -0.1) is 0 Å². The van der Waals surface area contributed by atoms with Crippen molar-refractivity contribution in [3.05, 3.63) is 35.4 Å². The number of carboxylic acid groups (broad SMARTS) is 1. The van der Waals surface area contributed by atoms with Gasteiger partial charge in [-0.1, -0.05) is 109 Å². The zero-order valence-electron chi connectivity index (χ0n) is 18.5. The molecule has 29 heavy (non-hydrogen) atoms. The molecule has 0 heterocycles. The molecule has 0 aliphatic carbocycles. The van der Waals surface area contributed by atoms with E-state index < -0.39 is 11.9 Å². The van der Waals surface area contributed by atoms with E-state index in [4.69, 9.17) is 4.74 Å². The number of aromatic carboxylic acids is 1. The first-order chi connectivity index (χ1) is 13.7. The van der Waals surface area contributed by atoms with E-state index in [1.54, 1.807) is 12.1 Å². The van der Waals surface area contributed by atoms with Crippen LogP contribution in [0.25, 0.3) is 0 Å². The maximum atomic E-state index is 12.0. The largest absolute Gasteiger partial charge is 1.00 e. The second kappa shape index (κ2) is 19.1. The summed E-state index contributed by atoms with van der Waals surface area (Å²) in [5.41, 5.74) is -0.0543. The molecular weight excluding hydrogens is 375 g/mol. The van der Waals surface area contributed by atoms with Crippen LogP contribution >= 0.6 is 0 Å². The van der Waals surface area contributed by atoms with Gasteiger partial charge >= 0.3 is 35.5 Å². The standard InChI is InChI=1S/C24H38O4.Na/c1-2-3-4-5-6-7-8-9-10-11-12-13-14-17-20-28-24(27)22-19-16-15-18-21(22)23(25)26;/h15-16,18-19H,2-14,17,20H2,1H3,(H,25,26);/q;+1/p-1. The van der Waals surface area contributed by atoms with Crippen molar-refractivity contribution in [2.24, 2.45) is 0 Å². The number of hydrogen-bond acceptors (Lipinski definition) is 4. The summed E-state index contributed by atoms with van der Waals surface area (Å²) in [5, 5.41) is 11.0. The van der Waals surface area contributed by atoms with Gasteiger partial charge in [0.1, 0.15) is 0 Å². The first-order valence-corrected chi connectivity index (χ1v) is 11.1. The van der Waals surface area contributed by atoms with Gasteiger partial charge in [0.25, 0.3) is 0 Å². The van der Waals surface area contributed by atoms with Crippen LogP contribution in [0.2, 0.25) is 0 Å².